The number of ether oxygens (including phenoxy) is 1. The lowest BCUT2D eigenvalue weighted by atomic mass is 10.2. The Balaban J connectivity index is 1.28. The van der Waals surface area contributed by atoms with Gasteiger partial charge in [-0.15, -0.1) is 11.3 Å². The van der Waals surface area contributed by atoms with E-state index < -0.39 is 0 Å². The first-order chi connectivity index (χ1) is 13.6. The molecule has 146 valence electrons. The number of rotatable bonds is 8. The molecule has 1 amide bonds. The van der Waals surface area contributed by atoms with Crippen LogP contribution in [0.2, 0.25) is 0 Å². The minimum atomic E-state index is -0.0320. The molecule has 1 aliphatic carbocycles. The third kappa shape index (κ3) is 4.62. The van der Waals surface area contributed by atoms with E-state index in [0.29, 0.717) is 24.1 Å². The summed E-state index contributed by atoms with van der Waals surface area (Å²) in [5.41, 5.74) is 2.14. The molecule has 1 fully saturated rings. The summed E-state index contributed by atoms with van der Waals surface area (Å²) < 4.78 is 5.63. The van der Waals surface area contributed by atoms with Crippen molar-refractivity contribution in [3.63, 3.8) is 0 Å². The topological polar surface area (TPSA) is 77.0 Å². The van der Waals surface area contributed by atoms with Crippen LogP contribution in [0.4, 0.5) is 0 Å². The average molecular weight is 415 g/mol. The summed E-state index contributed by atoms with van der Waals surface area (Å²) in [6.07, 6.45) is 5.83. The van der Waals surface area contributed by atoms with Crippen molar-refractivity contribution in [1.29, 1.82) is 0 Å². The van der Waals surface area contributed by atoms with Crippen LogP contribution >= 0.6 is 23.1 Å². The molecular formula is C20H22N4O2S2. The fourth-order valence-corrected chi connectivity index (χ4v) is 4.68. The van der Waals surface area contributed by atoms with Gasteiger partial charge in [-0.3, -0.25) is 4.79 Å². The van der Waals surface area contributed by atoms with Crippen molar-refractivity contribution in [1.82, 2.24) is 20.3 Å². The van der Waals surface area contributed by atoms with Crippen LogP contribution in [0.5, 0.6) is 5.88 Å². The smallest absolute Gasteiger partial charge is 0.230 e. The molecule has 8 heteroatoms. The molecule has 28 heavy (non-hydrogen) atoms. The number of pyridine rings is 1. The summed E-state index contributed by atoms with van der Waals surface area (Å²) >= 11 is 3.11. The molecule has 0 radical (unpaired) electrons. The van der Waals surface area contributed by atoms with E-state index in [9.17, 15) is 4.79 Å². The van der Waals surface area contributed by atoms with Gasteiger partial charge in [-0.05, 0) is 43.7 Å². The van der Waals surface area contributed by atoms with Crippen molar-refractivity contribution in [2.45, 2.75) is 38.3 Å². The summed E-state index contributed by atoms with van der Waals surface area (Å²) in [6, 6.07) is 3.80. The lowest BCUT2D eigenvalue weighted by molar-refractivity contribution is -0.118. The number of thioether (sulfide) groups is 1. The van der Waals surface area contributed by atoms with E-state index in [1.54, 1.807) is 23.9 Å². The van der Waals surface area contributed by atoms with Gasteiger partial charge in [-0.25, -0.2) is 15.0 Å². The van der Waals surface area contributed by atoms with Crippen LogP contribution in [0, 0.1) is 19.8 Å². The van der Waals surface area contributed by atoms with Gasteiger partial charge in [0.25, 0.3) is 0 Å². The van der Waals surface area contributed by atoms with Crippen molar-refractivity contribution in [2.75, 3.05) is 12.4 Å². The summed E-state index contributed by atoms with van der Waals surface area (Å²) in [5.74, 6) is 1.63. The number of thiophene rings is 1. The maximum atomic E-state index is 12.2. The molecule has 3 heterocycles. The normalized spacial score (nSPS) is 13.6. The number of carbonyl (C=O) groups is 1. The van der Waals surface area contributed by atoms with E-state index in [2.05, 4.69) is 34.1 Å². The molecule has 1 N–H and O–H groups in total. The van der Waals surface area contributed by atoms with Crippen molar-refractivity contribution in [3.05, 3.63) is 40.7 Å². The fraction of sp³-hybridized carbons (Fsp3) is 0.400. The van der Waals surface area contributed by atoms with Gasteiger partial charge in [0.15, 0.2) is 0 Å². The number of carbonyl (C=O) groups excluding carboxylic acids is 1. The molecule has 0 spiro atoms. The second-order valence-corrected chi connectivity index (χ2v) is 9.13. The quantitative estimate of drug-likeness (QED) is 0.445. The number of hydrogen-bond donors (Lipinski definition) is 1. The first-order valence-corrected chi connectivity index (χ1v) is 11.1. The Labute approximate surface area is 172 Å². The van der Waals surface area contributed by atoms with Gasteiger partial charge >= 0.3 is 0 Å². The molecule has 4 rings (SSSR count). The zero-order valence-corrected chi connectivity index (χ0v) is 17.5. The number of aryl methyl sites for hydroxylation is 2. The van der Waals surface area contributed by atoms with Crippen molar-refractivity contribution >= 4 is 39.2 Å². The maximum absolute atomic E-state index is 12.2. The second-order valence-electron chi connectivity index (χ2n) is 6.97. The highest BCUT2D eigenvalue weighted by molar-refractivity contribution is 8.00. The monoisotopic (exact) mass is 414 g/mol. The summed E-state index contributed by atoms with van der Waals surface area (Å²) in [6.45, 7) is 5.36. The Bertz CT molecular complexity index is 984. The van der Waals surface area contributed by atoms with Crippen molar-refractivity contribution < 1.29 is 9.53 Å². The van der Waals surface area contributed by atoms with Gasteiger partial charge in [0, 0.05) is 29.1 Å². The Morgan fingerprint density at radius 2 is 2.14 bits per heavy atom. The summed E-state index contributed by atoms with van der Waals surface area (Å²) in [4.78, 5) is 27.5. The predicted octanol–water partition coefficient (Wildman–Crippen LogP) is 3.90. The molecule has 1 aliphatic rings. The third-order valence-corrected chi connectivity index (χ3v) is 6.83. The van der Waals surface area contributed by atoms with Gasteiger partial charge in [-0.1, -0.05) is 17.8 Å². The lowest BCUT2D eigenvalue weighted by Gasteiger charge is -2.07. The minimum absolute atomic E-state index is 0.0320. The van der Waals surface area contributed by atoms with Gasteiger partial charge < -0.3 is 10.1 Å². The molecule has 0 unspecified atom stereocenters. The standard InChI is InChI=1S/C20H22N4O2S2/c1-12-13(2)28-20-18(12)19(23-11-24-20)27-10-16(25)21-7-15-5-6-17(22-8-15)26-9-14-3-4-14/h5-6,8,11,14H,3-4,7,9-10H2,1-2H3,(H,21,25). The molecule has 3 aromatic heterocycles. The summed E-state index contributed by atoms with van der Waals surface area (Å²) in [5, 5.41) is 4.86. The predicted molar refractivity (Wildman–Crippen MR) is 112 cm³/mol. The number of nitrogens with one attached hydrogen (secondary N) is 1. The van der Waals surface area contributed by atoms with Crippen LogP contribution in [0.25, 0.3) is 10.2 Å². The van der Waals surface area contributed by atoms with Crippen LogP contribution in [0.15, 0.2) is 29.7 Å². The molecule has 0 aliphatic heterocycles. The largest absolute Gasteiger partial charge is 0.477 e. The highest BCUT2D eigenvalue weighted by atomic mass is 32.2. The maximum Gasteiger partial charge on any atom is 0.230 e. The van der Waals surface area contributed by atoms with E-state index in [4.69, 9.17) is 4.74 Å². The van der Waals surface area contributed by atoms with E-state index in [1.165, 1.54) is 35.0 Å². The van der Waals surface area contributed by atoms with Crippen molar-refractivity contribution in [3.8, 4) is 5.88 Å². The number of amides is 1. The molecule has 3 aromatic rings. The van der Waals surface area contributed by atoms with E-state index in [0.717, 1.165) is 27.4 Å². The number of nitrogens with zero attached hydrogens (tertiary/aromatic N) is 3. The lowest BCUT2D eigenvalue weighted by Crippen LogP contribution is -2.24. The zero-order valence-electron chi connectivity index (χ0n) is 15.9. The van der Waals surface area contributed by atoms with Gasteiger partial charge in [0.1, 0.15) is 16.2 Å². The molecule has 0 atom stereocenters. The van der Waals surface area contributed by atoms with Crippen molar-refractivity contribution in [2.24, 2.45) is 5.92 Å². The molecule has 6 nitrogen and oxygen atoms in total. The molecular weight excluding hydrogens is 392 g/mol. The van der Waals surface area contributed by atoms with Crippen LogP contribution in [-0.2, 0) is 11.3 Å². The van der Waals surface area contributed by atoms with Gasteiger partial charge in [-0.2, -0.15) is 0 Å². The van der Waals surface area contributed by atoms with Crippen LogP contribution < -0.4 is 10.1 Å². The Hall–Kier alpha value is -2.19. The second kappa shape index (κ2) is 8.45. The molecule has 1 saturated carbocycles. The van der Waals surface area contributed by atoms with Crippen LogP contribution in [-0.4, -0.2) is 33.2 Å². The van der Waals surface area contributed by atoms with Gasteiger partial charge in [0.05, 0.1) is 12.4 Å². The summed E-state index contributed by atoms with van der Waals surface area (Å²) in [7, 11) is 0. The molecule has 0 aromatic carbocycles. The van der Waals surface area contributed by atoms with E-state index >= 15 is 0 Å². The minimum Gasteiger partial charge on any atom is -0.477 e. The SMILES string of the molecule is Cc1sc2ncnc(SCC(=O)NCc3ccc(OCC4CC4)nc3)c2c1C. The number of aromatic nitrogens is 3. The highest BCUT2D eigenvalue weighted by Gasteiger charge is 2.22. The average Bonchev–Trinajstić information content (AvgIpc) is 3.49. The molecule has 0 bridgehead atoms. The Kier molecular flexibility index (Phi) is 5.77. The molecule has 0 saturated heterocycles. The van der Waals surface area contributed by atoms with Crippen LogP contribution in [0.1, 0.15) is 28.8 Å². The first kappa shape index (κ1) is 19.1. The van der Waals surface area contributed by atoms with Crippen LogP contribution in [0.3, 0.4) is 0 Å². The zero-order chi connectivity index (χ0) is 19.5. The van der Waals surface area contributed by atoms with E-state index in [1.807, 2.05) is 12.1 Å². The third-order valence-electron chi connectivity index (χ3n) is 4.72. The number of hydrogen-bond acceptors (Lipinski definition) is 7. The number of fused-ring (bicyclic) bond motifs is 1. The first-order valence-electron chi connectivity index (χ1n) is 9.28. The Morgan fingerprint density at radius 3 is 2.89 bits per heavy atom. The van der Waals surface area contributed by atoms with E-state index in [-0.39, 0.29) is 5.91 Å². The fourth-order valence-electron chi connectivity index (χ4n) is 2.73. The van der Waals surface area contributed by atoms with Gasteiger partial charge in [0.2, 0.25) is 11.8 Å². The highest BCUT2D eigenvalue weighted by Crippen LogP contribution is 2.34. The Morgan fingerprint density at radius 1 is 1.29 bits per heavy atom.